The van der Waals surface area contributed by atoms with Gasteiger partial charge in [-0.25, -0.2) is 9.37 Å². The maximum atomic E-state index is 13.2. The van der Waals surface area contributed by atoms with Crippen LogP contribution in [0.2, 0.25) is 0 Å². The lowest BCUT2D eigenvalue weighted by Gasteiger charge is -2.19. The van der Waals surface area contributed by atoms with E-state index < -0.39 is 11.9 Å². The molecule has 3 aromatic rings. The van der Waals surface area contributed by atoms with E-state index in [-0.39, 0.29) is 17.1 Å². The van der Waals surface area contributed by atoms with Crippen LogP contribution in [0.1, 0.15) is 27.8 Å². The lowest BCUT2D eigenvalue weighted by Crippen LogP contribution is -2.31. The molecule has 0 spiro atoms. The number of carbonyl (C=O) groups excluding carboxylic acids is 1. The molecule has 3 rings (SSSR count). The van der Waals surface area contributed by atoms with Crippen LogP contribution in [0.5, 0.6) is 5.75 Å². The van der Waals surface area contributed by atoms with Crippen LogP contribution in [0, 0.1) is 5.82 Å². The van der Waals surface area contributed by atoms with Crippen molar-refractivity contribution in [1.82, 2.24) is 14.9 Å². The topological polar surface area (TPSA) is 67.2 Å². The summed E-state index contributed by atoms with van der Waals surface area (Å²) < 4.78 is 15.0. The third-order valence-electron chi connectivity index (χ3n) is 3.74. The first-order valence-corrected chi connectivity index (χ1v) is 7.38. The van der Waals surface area contributed by atoms with Crippen LogP contribution in [0.3, 0.4) is 0 Å². The fourth-order valence-corrected chi connectivity index (χ4v) is 2.48. The number of hydrogen-bond donors (Lipinski definition) is 2. The number of nitrogens with one attached hydrogen (secondary N) is 1. The van der Waals surface area contributed by atoms with Gasteiger partial charge in [0.15, 0.2) is 0 Å². The zero-order valence-electron chi connectivity index (χ0n) is 13.0. The Labute approximate surface area is 138 Å². The van der Waals surface area contributed by atoms with E-state index in [2.05, 4.69) is 10.3 Å². The molecule has 5 nitrogen and oxygen atoms in total. The minimum atomic E-state index is -0.572. The van der Waals surface area contributed by atoms with E-state index >= 15 is 0 Å². The van der Waals surface area contributed by atoms with Gasteiger partial charge in [-0.1, -0.05) is 24.3 Å². The predicted molar refractivity (Wildman–Crippen MR) is 87.0 cm³/mol. The Morgan fingerprint density at radius 2 is 1.92 bits per heavy atom. The average molecular weight is 325 g/mol. The zero-order chi connectivity index (χ0) is 17.1. The molecule has 1 atom stereocenters. The Hall–Kier alpha value is -3.15. The van der Waals surface area contributed by atoms with Gasteiger partial charge in [-0.3, -0.25) is 4.79 Å². The number of halogens is 1. The van der Waals surface area contributed by atoms with Crippen molar-refractivity contribution in [2.24, 2.45) is 7.05 Å². The number of para-hydroxylation sites is 1. The van der Waals surface area contributed by atoms with Crippen molar-refractivity contribution in [3.8, 4) is 5.75 Å². The molecule has 2 N–H and O–H groups in total. The highest BCUT2D eigenvalue weighted by molar-refractivity contribution is 5.97. The Morgan fingerprint density at radius 3 is 2.54 bits per heavy atom. The third kappa shape index (κ3) is 3.12. The van der Waals surface area contributed by atoms with Crippen molar-refractivity contribution >= 4 is 5.91 Å². The Bertz CT molecular complexity index is 859. The summed E-state index contributed by atoms with van der Waals surface area (Å²) >= 11 is 0. The molecule has 0 saturated heterocycles. The van der Waals surface area contributed by atoms with E-state index in [1.165, 1.54) is 24.3 Å². The number of rotatable bonds is 4. The second-order valence-corrected chi connectivity index (χ2v) is 5.37. The smallest absolute Gasteiger partial charge is 0.255 e. The molecule has 1 unspecified atom stereocenters. The van der Waals surface area contributed by atoms with Crippen LogP contribution in [0.25, 0.3) is 0 Å². The third-order valence-corrected chi connectivity index (χ3v) is 3.74. The SMILES string of the molecule is Cn1ccnc1C(NC(=O)c1ccccc1O)c1ccc(F)cc1. The number of benzene rings is 2. The van der Waals surface area contributed by atoms with Gasteiger partial charge < -0.3 is 15.0 Å². The van der Waals surface area contributed by atoms with Gasteiger partial charge in [-0.15, -0.1) is 0 Å². The summed E-state index contributed by atoms with van der Waals surface area (Å²) in [6.45, 7) is 0. The first-order chi connectivity index (χ1) is 11.6. The predicted octanol–water partition coefficient (Wildman–Crippen LogP) is 2.78. The number of nitrogens with zero attached hydrogens (tertiary/aromatic N) is 2. The van der Waals surface area contributed by atoms with Gasteiger partial charge in [0.25, 0.3) is 5.91 Å². The summed E-state index contributed by atoms with van der Waals surface area (Å²) in [7, 11) is 1.81. The Balaban J connectivity index is 1.97. The summed E-state index contributed by atoms with van der Waals surface area (Å²) in [5, 5.41) is 12.7. The quantitative estimate of drug-likeness (QED) is 0.775. The van der Waals surface area contributed by atoms with Gasteiger partial charge in [0.05, 0.1) is 5.56 Å². The lowest BCUT2D eigenvalue weighted by atomic mass is 10.0. The Morgan fingerprint density at radius 1 is 1.21 bits per heavy atom. The molecule has 0 aliphatic heterocycles. The van der Waals surface area contributed by atoms with Crippen LogP contribution < -0.4 is 5.32 Å². The number of imidazole rings is 1. The van der Waals surface area contributed by atoms with E-state index in [0.29, 0.717) is 11.4 Å². The van der Waals surface area contributed by atoms with Gasteiger partial charge in [0, 0.05) is 19.4 Å². The number of aryl methyl sites for hydroxylation is 1. The molecule has 122 valence electrons. The number of aromatic nitrogens is 2. The standard InChI is InChI=1S/C18H16FN3O2/c1-22-11-10-20-17(22)16(12-6-8-13(19)9-7-12)21-18(24)14-4-2-3-5-15(14)23/h2-11,16,23H,1H3,(H,21,24). The minimum absolute atomic E-state index is 0.104. The van der Waals surface area contributed by atoms with Crippen LogP contribution >= 0.6 is 0 Å². The molecule has 0 radical (unpaired) electrons. The summed E-state index contributed by atoms with van der Waals surface area (Å²) in [5.41, 5.74) is 0.855. The van der Waals surface area contributed by atoms with E-state index in [4.69, 9.17) is 0 Å². The van der Waals surface area contributed by atoms with Crippen LogP contribution in [0.4, 0.5) is 4.39 Å². The van der Waals surface area contributed by atoms with Crippen LogP contribution in [-0.4, -0.2) is 20.6 Å². The molecule has 1 heterocycles. The number of carbonyl (C=O) groups is 1. The molecule has 1 amide bonds. The second-order valence-electron chi connectivity index (χ2n) is 5.37. The monoisotopic (exact) mass is 325 g/mol. The first kappa shape index (κ1) is 15.7. The van der Waals surface area contributed by atoms with E-state index in [1.54, 1.807) is 41.2 Å². The molecule has 6 heteroatoms. The van der Waals surface area contributed by atoms with Crippen molar-refractivity contribution < 1.29 is 14.3 Å². The summed E-state index contributed by atoms with van der Waals surface area (Å²) in [5.74, 6) is -0.298. The highest BCUT2D eigenvalue weighted by Gasteiger charge is 2.22. The molecule has 0 aliphatic rings. The van der Waals surface area contributed by atoms with Crippen molar-refractivity contribution in [1.29, 1.82) is 0 Å². The maximum absolute atomic E-state index is 13.2. The summed E-state index contributed by atoms with van der Waals surface area (Å²) in [6, 6.07) is 11.6. The fourth-order valence-electron chi connectivity index (χ4n) is 2.48. The average Bonchev–Trinajstić information content (AvgIpc) is 2.99. The van der Waals surface area contributed by atoms with E-state index in [9.17, 15) is 14.3 Å². The van der Waals surface area contributed by atoms with Crippen molar-refractivity contribution in [2.45, 2.75) is 6.04 Å². The Kier molecular flexibility index (Phi) is 4.29. The van der Waals surface area contributed by atoms with Gasteiger partial charge in [-0.05, 0) is 29.8 Å². The van der Waals surface area contributed by atoms with Gasteiger partial charge in [0.1, 0.15) is 23.4 Å². The van der Waals surface area contributed by atoms with E-state index in [0.717, 1.165) is 0 Å². The minimum Gasteiger partial charge on any atom is -0.507 e. The lowest BCUT2D eigenvalue weighted by molar-refractivity contribution is 0.0938. The number of phenols is 1. The van der Waals surface area contributed by atoms with Crippen molar-refractivity contribution in [2.75, 3.05) is 0 Å². The molecular formula is C18H16FN3O2. The summed E-state index contributed by atoms with van der Waals surface area (Å²) in [4.78, 5) is 16.8. The number of hydrogen-bond acceptors (Lipinski definition) is 3. The zero-order valence-corrected chi connectivity index (χ0v) is 13.0. The molecule has 0 aliphatic carbocycles. The highest BCUT2D eigenvalue weighted by Crippen LogP contribution is 2.23. The second kappa shape index (κ2) is 6.54. The van der Waals surface area contributed by atoms with Crippen molar-refractivity contribution in [3.63, 3.8) is 0 Å². The largest absolute Gasteiger partial charge is 0.507 e. The maximum Gasteiger partial charge on any atom is 0.255 e. The molecule has 0 fully saturated rings. The van der Waals surface area contributed by atoms with Gasteiger partial charge in [-0.2, -0.15) is 0 Å². The van der Waals surface area contributed by atoms with Gasteiger partial charge >= 0.3 is 0 Å². The molecule has 1 aromatic heterocycles. The number of aromatic hydroxyl groups is 1. The fraction of sp³-hybridized carbons (Fsp3) is 0.111. The normalized spacial score (nSPS) is 11.9. The number of phenolic OH excluding ortho intramolecular Hbond substituents is 1. The van der Waals surface area contributed by atoms with Crippen LogP contribution in [0.15, 0.2) is 60.9 Å². The van der Waals surface area contributed by atoms with Gasteiger partial charge in [0.2, 0.25) is 0 Å². The van der Waals surface area contributed by atoms with Crippen molar-refractivity contribution in [3.05, 3.63) is 83.7 Å². The summed E-state index contributed by atoms with van der Waals surface area (Å²) in [6.07, 6.45) is 3.38. The highest BCUT2D eigenvalue weighted by atomic mass is 19.1. The molecule has 0 bridgehead atoms. The first-order valence-electron chi connectivity index (χ1n) is 7.38. The molecule has 2 aromatic carbocycles. The van der Waals surface area contributed by atoms with Crippen LogP contribution in [-0.2, 0) is 7.05 Å². The number of amides is 1. The molecule has 24 heavy (non-hydrogen) atoms. The molecule has 0 saturated carbocycles. The van der Waals surface area contributed by atoms with E-state index in [1.807, 2.05) is 7.05 Å². The molecular weight excluding hydrogens is 309 g/mol.